The summed E-state index contributed by atoms with van der Waals surface area (Å²) < 4.78 is 25.0. The molecule has 0 saturated heterocycles. The molecule has 3 rings (SSSR count). The molecule has 0 amide bonds. The van der Waals surface area contributed by atoms with Gasteiger partial charge >= 0.3 is 7.60 Å². The molecule has 0 aliphatic rings. The predicted molar refractivity (Wildman–Crippen MR) is 110 cm³/mol. The third-order valence-corrected chi connectivity index (χ3v) is 5.93. The molecule has 0 saturated carbocycles. The molecule has 3 nitrogen and oxygen atoms in total. The topological polar surface area (TPSA) is 35.5 Å². The zero-order chi connectivity index (χ0) is 19.0. The normalized spacial score (nSPS) is 11.3. The first kappa shape index (κ1) is 19.3. The maximum atomic E-state index is 13.4. The molecule has 0 fully saturated rings. The lowest BCUT2D eigenvalue weighted by molar-refractivity contribution is 0.190. The van der Waals surface area contributed by atoms with Gasteiger partial charge in [-0.25, -0.2) is 0 Å². The van der Waals surface area contributed by atoms with Crippen molar-refractivity contribution in [3.8, 4) is 0 Å². The first-order chi connectivity index (χ1) is 13.2. The summed E-state index contributed by atoms with van der Waals surface area (Å²) in [7, 11) is -3.32. The van der Waals surface area contributed by atoms with Crippen molar-refractivity contribution in [2.24, 2.45) is 0 Å². The summed E-state index contributed by atoms with van der Waals surface area (Å²) in [6.45, 7) is 4.25. The second kappa shape index (κ2) is 9.48. The molecule has 0 unspecified atom stereocenters. The maximum Gasteiger partial charge on any atom is 0.335 e. The molecule has 27 heavy (non-hydrogen) atoms. The van der Waals surface area contributed by atoms with E-state index in [4.69, 9.17) is 9.05 Å². The SMILES string of the molecule is C=Cc1ccc(CP(=O)(OCc2ccccc2)OCc2ccccc2)cc1. The van der Waals surface area contributed by atoms with Crippen molar-refractivity contribution >= 4 is 13.7 Å². The van der Waals surface area contributed by atoms with Gasteiger partial charge in [0.15, 0.2) is 0 Å². The molecule has 0 spiro atoms. The summed E-state index contributed by atoms with van der Waals surface area (Å²) in [5.74, 6) is 0. The first-order valence-electron chi connectivity index (χ1n) is 8.84. The molecular formula is C23H23O3P. The van der Waals surface area contributed by atoms with E-state index in [9.17, 15) is 4.57 Å². The molecular weight excluding hydrogens is 355 g/mol. The molecule has 0 N–H and O–H groups in total. The standard InChI is InChI=1S/C23H23O3P/c1-2-20-13-15-23(16-14-20)19-27(24,25-17-21-9-5-3-6-10-21)26-18-22-11-7-4-8-12-22/h2-16H,1,17-19H2. The van der Waals surface area contributed by atoms with Crippen LogP contribution in [0.15, 0.2) is 91.5 Å². The summed E-state index contributed by atoms with van der Waals surface area (Å²) in [5, 5.41) is 0. The zero-order valence-corrected chi connectivity index (χ0v) is 16.1. The van der Waals surface area contributed by atoms with Gasteiger partial charge in [-0.3, -0.25) is 4.57 Å². The lowest BCUT2D eigenvalue weighted by Gasteiger charge is -2.19. The Morgan fingerprint density at radius 1 is 0.704 bits per heavy atom. The highest BCUT2D eigenvalue weighted by molar-refractivity contribution is 7.52. The Bertz CT molecular complexity index is 842. The van der Waals surface area contributed by atoms with Gasteiger partial charge in [-0.15, -0.1) is 0 Å². The van der Waals surface area contributed by atoms with E-state index in [1.165, 1.54) is 0 Å². The van der Waals surface area contributed by atoms with Gasteiger partial charge in [0, 0.05) is 0 Å². The van der Waals surface area contributed by atoms with Gasteiger partial charge in [0.1, 0.15) is 0 Å². The summed E-state index contributed by atoms with van der Waals surface area (Å²) in [6.07, 6.45) is 2.01. The van der Waals surface area contributed by atoms with Crippen molar-refractivity contribution in [1.82, 2.24) is 0 Å². The second-order valence-electron chi connectivity index (χ2n) is 6.23. The van der Waals surface area contributed by atoms with E-state index in [-0.39, 0.29) is 19.4 Å². The molecule has 0 bridgehead atoms. The van der Waals surface area contributed by atoms with Crippen LogP contribution in [-0.4, -0.2) is 0 Å². The fourth-order valence-corrected chi connectivity index (χ4v) is 4.21. The quantitative estimate of drug-likeness (QED) is 0.401. The Hall–Kier alpha value is -2.45. The van der Waals surface area contributed by atoms with E-state index in [0.717, 1.165) is 22.3 Å². The van der Waals surface area contributed by atoms with Crippen LogP contribution in [0.1, 0.15) is 22.3 Å². The minimum absolute atomic E-state index is 0.226. The van der Waals surface area contributed by atoms with E-state index in [1.54, 1.807) is 6.08 Å². The highest BCUT2D eigenvalue weighted by atomic mass is 31.2. The van der Waals surface area contributed by atoms with Gasteiger partial charge in [-0.1, -0.05) is 97.6 Å². The van der Waals surface area contributed by atoms with Gasteiger partial charge in [0.25, 0.3) is 0 Å². The Morgan fingerprint density at radius 2 is 1.19 bits per heavy atom. The monoisotopic (exact) mass is 378 g/mol. The molecule has 3 aromatic carbocycles. The van der Waals surface area contributed by atoms with Crippen molar-refractivity contribution in [3.63, 3.8) is 0 Å². The first-order valence-corrected chi connectivity index (χ1v) is 10.6. The van der Waals surface area contributed by atoms with Gasteiger partial charge in [-0.2, -0.15) is 0 Å². The smallest absolute Gasteiger partial charge is 0.304 e. The molecule has 3 aromatic rings. The molecule has 0 aliphatic heterocycles. The van der Waals surface area contributed by atoms with E-state index in [0.29, 0.717) is 0 Å². The molecule has 4 heteroatoms. The average Bonchev–Trinajstić information content (AvgIpc) is 2.73. The van der Waals surface area contributed by atoms with Crippen LogP contribution in [0.25, 0.3) is 6.08 Å². The maximum absolute atomic E-state index is 13.4. The van der Waals surface area contributed by atoms with Crippen molar-refractivity contribution in [2.45, 2.75) is 19.4 Å². The number of benzene rings is 3. The van der Waals surface area contributed by atoms with Crippen LogP contribution >= 0.6 is 7.60 Å². The van der Waals surface area contributed by atoms with Gasteiger partial charge in [-0.05, 0) is 22.3 Å². The van der Waals surface area contributed by atoms with Crippen LogP contribution in [0.2, 0.25) is 0 Å². The molecule has 0 aromatic heterocycles. The van der Waals surface area contributed by atoms with Crippen LogP contribution < -0.4 is 0 Å². The highest BCUT2D eigenvalue weighted by Gasteiger charge is 2.25. The zero-order valence-electron chi connectivity index (χ0n) is 15.2. The van der Waals surface area contributed by atoms with Gasteiger partial charge in [0.2, 0.25) is 0 Å². The van der Waals surface area contributed by atoms with E-state index >= 15 is 0 Å². The van der Waals surface area contributed by atoms with Crippen molar-refractivity contribution in [1.29, 1.82) is 0 Å². The predicted octanol–water partition coefficient (Wildman–Crippen LogP) is 6.46. The summed E-state index contributed by atoms with van der Waals surface area (Å²) in [4.78, 5) is 0. The van der Waals surface area contributed by atoms with E-state index < -0.39 is 7.60 Å². The lowest BCUT2D eigenvalue weighted by atomic mass is 10.1. The number of hydrogen-bond acceptors (Lipinski definition) is 3. The Balaban J connectivity index is 1.73. The van der Waals surface area contributed by atoms with E-state index in [2.05, 4.69) is 6.58 Å². The van der Waals surface area contributed by atoms with Crippen LogP contribution in [0.5, 0.6) is 0 Å². The summed E-state index contributed by atoms with van der Waals surface area (Å²) in [5.41, 5.74) is 3.85. The van der Waals surface area contributed by atoms with Crippen molar-refractivity contribution in [2.75, 3.05) is 0 Å². The fourth-order valence-electron chi connectivity index (χ4n) is 2.61. The number of rotatable bonds is 9. The highest BCUT2D eigenvalue weighted by Crippen LogP contribution is 2.52. The molecule has 0 radical (unpaired) electrons. The van der Waals surface area contributed by atoms with Gasteiger partial charge in [0.05, 0.1) is 19.4 Å². The fraction of sp³-hybridized carbons (Fsp3) is 0.130. The Kier molecular flexibility index (Phi) is 6.78. The van der Waals surface area contributed by atoms with E-state index in [1.807, 2.05) is 84.9 Å². The third-order valence-electron chi connectivity index (χ3n) is 4.13. The Labute approximate surface area is 160 Å². The Morgan fingerprint density at radius 3 is 1.63 bits per heavy atom. The van der Waals surface area contributed by atoms with Crippen molar-refractivity contribution < 1.29 is 13.6 Å². The second-order valence-corrected chi connectivity index (χ2v) is 8.29. The van der Waals surface area contributed by atoms with Crippen LogP contribution in [0, 0.1) is 0 Å². The number of hydrogen-bond donors (Lipinski definition) is 0. The molecule has 0 atom stereocenters. The van der Waals surface area contributed by atoms with Crippen molar-refractivity contribution in [3.05, 3.63) is 114 Å². The minimum atomic E-state index is -3.32. The molecule has 0 aliphatic carbocycles. The molecule has 138 valence electrons. The minimum Gasteiger partial charge on any atom is -0.304 e. The lowest BCUT2D eigenvalue weighted by Crippen LogP contribution is -2.01. The average molecular weight is 378 g/mol. The van der Waals surface area contributed by atoms with Crippen LogP contribution in [0.3, 0.4) is 0 Å². The third kappa shape index (κ3) is 6.04. The summed E-state index contributed by atoms with van der Waals surface area (Å²) in [6, 6.07) is 27.1. The largest absolute Gasteiger partial charge is 0.335 e. The summed E-state index contributed by atoms with van der Waals surface area (Å²) >= 11 is 0. The van der Waals surface area contributed by atoms with Crippen LogP contribution in [0.4, 0.5) is 0 Å². The molecule has 0 heterocycles. The van der Waals surface area contributed by atoms with Gasteiger partial charge < -0.3 is 9.05 Å². The van der Waals surface area contributed by atoms with Crippen LogP contribution in [-0.2, 0) is 33.0 Å².